The maximum atomic E-state index is 14.3. The van der Waals surface area contributed by atoms with E-state index in [1.807, 2.05) is 0 Å². The van der Waals surface area contributed by atoms with Gasteiger partial charge in [-0.25, -0.2) is 4.79 Å². The fraction of sp³-hybridized carbons (Fsp3) is 0.620. The molecule has 1 rings (SSSR count). The van der Waals surface area contributed by atoms with Crippen LogP contribution in [0.2, 0.25) is 0 Å². The van der Waals surface area contributed by atoms with Crippen LogP contribution < -0.4 is 70.8 Å². The molecule has 0 aliphatic carbocycles. The van der Waals surface area contributed by atoms with Crippen LogP contribution in [0.4, 0.5) is 0 Å². The number of nitrogens with one attached hydrogen (secondary N) is 10. The van der Waals surface area contributed by atoms with Crippen LogP contribution in [0.5, 0.6) is 0 Å². The molecule has 0 radical (unpaired) electrons. The maximum absolute atomic E-state index is 14.3. The van der Waals surface area contributed by atoms with Crippen LogP contribution in [0.25, 0.3) is 0 Å². The fourth-order valence-corrected chi connectivity index (χ4v) is 7.67. The Balaban J connectivity index is 3.57. The van der Waals surface area contributed by atoms with Crippen LogP contribution >= 0.6 is 0 Å². The lowest BCUT2D eigenvalue weighted by molar-refractivity contribution is -0.142. The lowest BCUT2D eigenvalue weighted by Crippen LogP contribution is -2.61. The van der Waals surface area contributed by atoms with E-state index in [4.69, 9.17) is 28.3 Å². The van der Waals surface area contributed by atoms with Crippen LogP contribution in [0.15, 0.2) is 30.3 Å². The van der Waals surface area contributed by atoms with E-state index in [2.05, 4.69) is 47.9 Å². The highest BCUT2D eigenvalue weighted by molar-refractivity contribution is 5.99. The van der Waals surface area contributed by atoms with E-state index in [1.54, 1.807) is 58.0 Å². The molecule has 0 aromatic heterocycles. The van der Waals surface area contributed by atoms with Crippen LogP contribution in [-0.2, 0) is 64.0 Å². The zero-order valence-electron chi connectivity index (χ0n) is 45.5. The third-order valence-corrected chi connectivity index (χ3v) is 12.4. The number of hydrogen-bond acceptors (Lipinski definition) is 16. The molecule has 10 atom stereocenters. The number of rotatable bonds is 40. The average molecular weight is 1140 g/mol. The second-order valence-electron chi connectivity index (χ2n) is 19.5. The van der Waals surface area contributed by atoms with Crippen molar-refractivity contribution < 1.29 is 78.0 Å². The molecule has 1 aromatic carbocycles. The lowest BCUT2D eigenvalue weighted by atomic mass is 9.99. The van der Waals surface area contributed by atoms with Crippen molar-refractivity contribution in [3.63, 3.8) is 0 Å². The number of amides is 9. The standard InChI is InChI=1S/C50H82N14O16/c1-5-27(4)40(53)48(78)62-34(24-39(69)70)46(76)64-36(25-65)47(77)58-29(14-9-10-20-51)42(72)61-33(22-26(2)3)45(75)57-30(15-11-21-56-50(54)55)41(71)60-32(17-19-38(67)68)43(73)59-31(16-18-37(52)66)44(74)63-35(49(79)80)23-28-12-7-6-8-13-28/h6-8,12-13,26-27,29-36,40,65H,5,9-11,14-25,51,53H2,1-4H3,(H2,52,66)(H,57,75)(H,58,77)(H,59,73)(H,60,71)(H,61,72)(H,62,78)(H,63,74)(H,64,76)(H,67,68)(H,69,70)(H,79,80)(H4,54,55,56)/t27-,29-,30-,31-,32-,33-,34-,35-,36-,40-/m0/s1. The summed E-state index contributed by atoms with van der Waals surface area (Å²) in [7, 11) is 0. The van der Waals surface area contributed by atoms with Crippen molar-refractivity contribution in [2.24, 2.45) is 34.8 Å². The van der Waals surface area contributed by atoms with Crippen LogP contribution in [-0.4, -0.2) is 172 Å². The van der Waals surface area contributed by atoms with Gasteiger partial charge in [-0.15, -0.1) is 0 Å². The summed E-state index contributed by atoms with van der Waals surface area (Å²) >= 11 is 0. The van der Waals surface area contributed by atoms with Gasteiger partial charge in [0.05, 0.1) is 19.1 Å². The van der Waals surface area contributed by atoms with Gasteiger partial charge < -0.3 is 91.2 Å². The molecule has 0 spiro atoms. The number of hydrogen-bond donors (Lipinski definition) is 18. The van der Waals surface area contributed by atoms with E-state index in [1.165, 1.54) is 0 Å². The normalized spacial score (nSPS) is 14.8. The van der Waals surface area contributed by atoms with Gasteiger partial charge in [0.25, 0.3) is 0 Å². The zero-order chi connectivity index (χ0) is 60.6. The molecule has 0 saturated carbocycles. The van der Waals surface area contributed by atoms with Crippen LogP contribution in [0.3, 0.4) is 0 Å². The molecule has 0 fully saturated rings. The minimum atomic E-state index is -1.80. The van der Waals surface area contributed by atoms with E-state index in [0.717, 1.165) is 0 Å². The summed E-state index contributed by atoms with van der Waals surface area (Å²) in [5, 5.41) is 68.3. The summed E-state index contributed by atoms with van der Waals surface area (Å²) in [5.41, 5.74) is 22.9. The minimum Gasteiger partial charge on any atom is -0.481 e. The van der Waals surface area contributed by atoms with Crippen molar-refractivity contribution in [2.45, 2.75) is 166 Å². The molecule has 0 unspecified atom stereocenters. The van der Waals surface area contributed by atoms with Crippen LogP contribution in [0.1, 0.15) is 110 Å². The molecule has 0 aliphatic rings. The number of unbranched alkanes of at least 4 members (excludes halogenated alkanes) is 1. The maximum Gasteiger partial charge on any atom is 0.326 e. The predicted octanol–water partition coefficient (Wildman–Crippen LogP) is -4.40. The number of carboxylic acid groups (broad SMARTS) is 3. The van der Waals surface area contributed by atoms with Gasteiger partial charge in [-0.05, 0) is 75.3 Å². The Hall–Kier alpha value is -7.99. The summed E-state index contributed by atoms with van der Waals surface area (Å²) in [5.74, 6) is -14.7. The predicted molar refractivity (Wildman–Crippen MR) is 287 cm³/mol. The first-order valence-electron chi connectivity index (χ1n) is 26.2. The number of nitrogens with two attached hydrogens (primary N) is 4. The molecule has 30 nitrogen and oxygen atoms in total. The Labute approximate surface area is 463 Å². The summed E-state index contributed by atoms with van der Waals surface area (Å²) in [6.07, 6.45) is -2.67. The number of carboxylic acids is 3. The third-order valence-electron chi connectivity index (χ3n) is 12.4. The summed E-state index contributed by atoms with van der Waals surface area (Å²) in [4.78, 5) is 157. The number of benzene rings is 1. The monoisotopic (exact) mass is 1130 g/mol. The third kappa shape index (κ3) is 27.5. The van der Waals surface area contributed by atoms with Gasteiger partial charge in [0.15, 0.2) is 5.96 Å². The second-order valence-corrected chi connectivity index (χ2v) is 19.5. The first kappa shape index (κ1) is 70.0. The number of carbonyl (C=O) groups is 12. The first-order valence-corrected chi connectivity index (χ1v) is 26.2. The Morgan fingerprint density at radius 2 is 0.988 bits per heavy atom. The van der Waals surface area contributed by atoms with Crippen molar-refractivity contribution in [3.8, 4) is 0 Å². The van der Waals surface area contributed by atoms with Gasteiger partial charge in [-0.2, -0.15) is 0 Å². The molecule has 0 aliphatic heterocycles. The highest BCUT2D eigenvalue weighted by atomic mass is 16.4. The van der Waals surface area contributed by atoms with E-state index in [0.29, 0.717) is 18.4 Å². The average Bonchev–Trinajstić information content (AvgIpc) is 3.39. The fourth-order valence-electron chi connectivity index (χ4n) is 7.67. The summed E-state index contributed by atoms with van der Waals surface area (Å²) < 4.78 is 0. The Morgan fingerprint density at radius 3 is 1.44 bits per heavy atom. The molecule has 30 heteroatoms. The molecule has 22 N–H and O–H groups in total. The largest absolute Gasteiger partial charge is 0.481 e. The molecular weight excluding hydrogens is 1050 g/mol. The molecule has 448 valence electrons. The molecule has 9 amide bonds. The SMILES string of the molecule is CC[C@H](C)[C@H](N)C(=O)N[C@@H](CC(=O)O)C(=O)N[C@@H](CO)C(=O)N[C@@H](CCCCN)C(=O)N[C@@H](CC(C)C)C(=O)N[C@@H](CCCNC(=N)N)C(=O)N[C@@H](CCC(=O)O)C(=O)N[C@@H](CCC(N)=O)C(=O)N[C@@H](Cc1ccccc1)C(=O)O. The van der Waals surface area contributed by atoms with Gasteiger partial charge in [-0.1, -0.05) is 64.4 Å². The first-order chi connectivity index (χ1) is 37.6. The smallest absolute Gasteiger partial charge is 0.326 e. The van der Waals surface area contributed by atoms with E-state index >= 15 is 0 Å². The Morgan fingerprint density at radius 1 is 0.550 bits per heavy atom. The van der Waals surface area contributed by atoms with E-state index in [9.17, 15) is 78.0 Å². The summed E-state index contributed by atoms with van der Waals surface area (Å²) in [6.45, 7) is 5.92. The van der Waals surface area contributed by atoms with Crippen molar-refractivity contribution in [1.29, 1.82) is 5.41 Å². The number of aliphatic hydroxyl groups is 1. The lowest BCUT2D eigenvalue weighted by Gasteiger charge is -2.28. The summed E-state index contributed by atoms with van der Waals surface area (Å²) in [6, 6.07) is -5.82. The topological polar surface area (TPSA) is 522 Å². The zero-order valence-corrected chi connectivity index (χ0v) is 45.5. The van der Waals surface area contributed by atoms with Crippen molar-refractivity contribution in [3.05, 3.63) is 35.9 Å². The second kappa shape index (κ2) is 37.0. The van der Waals surface area contributed by atoms with Crippen LogP contribution in [0, 0.1) is 17.2 Å². The number of carbonyl (C=O) groups excluding carboxylic acids is 9. The number of guanidine groups is 1. The Bertz CT molecular complexity index is 2270. The number of aliphatic hydroxyl groups excluding tert-OH is 1. The van der Waals surface area contributed by atoms with Gasteiger partial charge in [0.1, 0.15) is 48.3 Å². The van der Waals surface area contributed by atoms with Gasteiger partial charge in [0.2, 0.25) is 53.2 Å². The van der Waals surface area contributed by atoms with Crippen molar-refractivity contribution in [2.75, 3.05) is 19.7 Å². The van der Waals surface area contributed by atoms with Crippen molar-refractivity contribution >= 4 is 77.0 Å². The Kier molecular flexibility index (Phi) is 32.4. The molecule has 0 heterocycles. The van der Waals surface area contributed by atoms with E-state index in [-0.39, 0.29) is 63.5 Å². The number of primary amides is 1. The van der Waals surface area contributed by atoms with Crippen molar-refractivity contribution in [1.82, 2.24) is 47.9 Å². The minimum absolute atomic E-state index is 0.0109. The molecular formula is C50H82N14O16. The van der Waals surface area contributed by atoms with Gasteiger partial charge in [-0.3, -0.25) is 58.1 Å². The van der Waals surface area contributed by atoms with Gasteiger partial charge in [0, 0.05) is 25.8 Å². The molecule has 0 bridgehead atoms. The highest BCUT2D eigenvalue weighted by Crippen LogP contribution is 2.12. The molecule has 0 saturated heterocycles. The van der Waals surface area contributed by atoms with Gasteiger partial charge >= 0.3 is 17.9 Å². The molecule has 80 heavy (non-hydrogen) atoms. The quantitative estimate of drug-likeness (QED) is 0.0168. The highest BCUT2D eigenvalue weighted by Gasteiger charge is 2.36. The molecule has 1 aromatic rings. The van der Waals surface area contributed by atoms with E-state index < -0.39 is 170 Å². The number of aliphatic carboxylic acids is 3.